The molecule has 5 heteroatoms. The molecule has 0 amide bonds. The standard InChI is InChI=1S/C14H21N5/c1-2-18-7-5-11(6-8-18)9-14-17-16-13-4-3-12(15)10-19(13)14/h3-4,10-11H,2,5-9,15H2,1H3. The molecule has 5 nitrogen and oxygen atoms in total. The van der Waals surface area contributed by atoms with Gasteiger partial charge in [-0.3, -0.25) is 4.40 Å². The number of piperidine rings is 1. The third kappa shape index (κ3) is 2.56. The molecule has 0 unspecified atom stereocenters. The van der Waals surface area contributed by atoms with Gasteiger partial charge < -0.3 is 10.6 Å². The van der Waals surface area contributed by atoms with Crippen molar-refractivity contribution in [3.63, 3.8) is 0 Å². The van der Waals surface area contributed by atoms with Crippen LogP contribution in [0.3, 0.4) is 0 Å². The number of nitrogens with zero attached hydrogens (tertiary/aromatic N) is 4. The molecule has 0 radical (unpaired) electrons. The summed E-state index contributed by atoms with van der Waals surface area (Å²) < 4.78 is 2.03. The van der Waals surface area contributed by atoms with E-state index in [1.54, 1.807) is 0 Å². The molecule has 0 spiro atoms. The van der Waals surface area contributed by atoms with Crippen LogP contribution in [0.25, 0.3) is 5.65 Å². The molecule has 1 saturated heterocycles. The van der Waals surface area contributed by atoms with Crippen LogP contribution in [0.15, 0.2) is 18.3 Å². The van der Waals surface area contributed by atoms with Crippen LogP contribution in [-0.4, -0.2) is 39.1 Å². The van der Waals surface area contributed by atoms with E-state index in [0.717, 1.165) is 36.0 Å². The van der Waals surface area contributed by atoms with Gasteiger partial charge in [-0.05, 0) is 50.5 Å². The van der Waals surface area contributed by atoms with Crippen molar-refractivity contribution in [2.75, 3.05) is 25.4 Å². The zero-order valence-corrected chi connectivity index (χ0v) is 11.4. The molecule has 2 N–H and O–H groups in total. The van der Waals surface area contributed by atoms with Crippen molar-refractivity contribution in [1.29, 1.82) is 0 Å². The molecule has 0 aliphatic carbocycles. The van der Waals surface area contributed by atoms with Gasteiger partial charge in [0, 0.05) is 18.3 Å². The van der Waals surface area contributed by atoms with Gasteiger partial charge in [0.25, 0.3) is 0 Å². The van der Waals surface area contributed by atoms with E-state index in [0.29, 0.717) is 0 Å². The van der Waals surface area contributed by atoms with Crippen LogP contribution in [0, 0.1) is 5.92 Å². The number of hydrogen-bond acceptors (Lipinski definition) is 4. The van der Waals surface area contributed by atoms with E-state index in [4.69, 9.17) is 5.73 Å². The van der Waals surface area contributed by atoms with Crippen LogP contribution >= 0.6 is 0 Å². The third-order valence-electron chi connectivity index (χ3n) is 4.12. The maximum absolute atomic E-state index is 5.84. The highest BCUT2D eigenvalue weighted by atomic mass is 15.2. The molecule has 0 bridgehead atoms. The lowest BCUT2D eigenvalue weighted by atomic mass is 9.93. The molecule has 0 atom stereocenters. The number of aromatic nitrogens is 3. The van der Waals surface area contributed by atoms with Crippen molar-refractivity contribution < 1.29 is 0 Å². The summed E-state index contributed by atoms with van der Waals surface area (Å²) >= 11 is 0. The van der Waals surface area contributed by atoms with Crippen molar-refractivity contribution in [2.45, 2.75) is 26.2 Å². The van der Waals surface area contributed by atoms with E-state index >= 15 is 0 Å². The molecule has 1 aliphatic rings. The van der Waals surface area contributed by atoms with Crippen LogP contribution in [0.5, 0.6) is 0 Å². The maximum Gasteiger partial charge on any atom is 0.160 e. The predicted molar refractivity (Wildman–Crippen MR) is 75.9 cm³/mol. The van der Waals surface area contributed by atoms with Gasteiger partial charge in [-0.1, -0.05) is 6.92 Å². The lowest BCUT2D eigenvalue weighted by molar-refractivity contribution is 0.190. The van der Waals surface area contributed by atoms with Gasteiger partial charge in [-0.25, -0.2) is 0 Å². The molecule has 1 fully saturated rings. The molecular weight excluding hydrogens is 238 g/mol. The number of pyridine rings is 1. The predicted octanol–water partition coefficient (Wildman–Crippen LogP) is 1.59. The molecule has 102 valence electrons. The quantitative estimate of drug-likeness (QED) is 0.909. The lowest BCUT2D eigenvalue weighted by Crippen LogP contribution is -2.34. The number of nitrogen functional groups attached to an aromatic ring is 1. The SMILES string of the molecule is CCN1CCC(Cc2nnc3ccc(N)cn23)CC1. The van der Waals surface area contributed by atoms with E-state index < -0.39 is 0 Å². The van der Waals surface area contributed by atoms with E-state index in [-0.39, 0.29) is 0 Å². The van der Waals surface area contributed by atoms with E-state index in [9.17, 15) is 0 Å². The second-order valence-electron chi connectivity index (χ2n) is 5.39. The Labute approximate surface area is 113 Å². The summed E-state index contributed by atoms with van der Waals surface area (Å²) in [6, 6.07) is 3.79. The van der Waals surface area contributed by atoms with Gasteiger partial charge in [0.2, 0.25) is 0 Å². The van der Waals surface area contributed by atoms with Crippen LogP contribution in [0.4, 0.5) is 5.69 Å². The molecule has 1 aliphatic heterocycles. The zero-order valence-electron chi connectivity index (χ0n) is 11.4. The average molecular weight is 259 g/mol. The van der Waals surface area contributed by atoms with Crippen molar-refractivity contribution in [3.8, 4) is 0 Å². The number of nitrogens with two attached hydrogens (primary N) is 1. The fraction of sp³-hybridized carbons (Fsp3) is 0.571. The Bertz CT molecular complexity index is 554. The highest BCUT2D eigenvalue weighted by molar-refractivity contribution is 5.47. The highest BCUT2D eigenvalue weighted by Crippen LogP contribution is 2.21. The summed E-state index contributed by atoms with van der Waals surface area (Å²) in [5.74, 6) is 1.76. The molecule has 3 heterocycles. The summed E-state index contributed by atoms with van der Waals surface area (Å²) in [7, 11) is 0. The normalized spacial score (nSPS) is 18.2. The number of fused-ring (bicyclic) bond motifs is 1. The van der Waals surface area contributed by atoms with Crippen LogP contribution < -0.4 is 5.73 Å². The van der Waals surface area contributed by atoms with Gasteiger partial charge in [0.15, 0.2) is 5.65 Å². The molecule has 3 rings (SSSR count). The first-order chi connectivity index (χ1) is 9.26. The summed E-state index contributed by atoms with van der Waals surface area (Å²) in [5, 5.41) is 8.52. The zero-order chi connectivity index (χ0) is 13.2. The Hall–Kier alpha value is -1.62. The van der Waals surface area contributed by atoms with Crippen LogP contribution in [0.1, 0.15) is 25.6 Å². The Balaban J connectivity index is 1.73. The van der Waals surface area contributed by atoms with Crippen LogP contribution in [-0.2, 0) is 6.42 Å². The molecule has 0 aromatic carbocycles. The summed E-state index contributed by atoms with van der Waals surface area (Å²) in [4.78, 5) is 2.51. The largest absolute Gasteiger partial charge is 0.398 e. The minimum Gasteiger partial charge on any atom is -0.398 e. The number of rotatable bonds is 3. The topological polar surface area (TPSA) is 59.5 Å². The van der Waals surface area contributed by atoms with Gasteiger partial charge in [-0.15, -0.1) is 10.2 Å². The van der Waals surface area contributed by atoms with Gasteiger partial charge in [-0.2, -0.15) is 0 Å². The summed E-state index contributed by atoms with van der Waals surface area (Å²) in [5.41, 5.74) is 7.48. The monoisotopic (exact) mass is 259 g/mol. The molecule has 19 heavy (non-hydrogen) atoms. The number of hydrogen-bond donors (Lipinski definition) is 1. The first-order valence-corrected chi connectivity index (χ1v) is 7.07. The number of anilines is 1. The van der Waals surface area contributed by atoms with Gasteiger partial charge in [0.1, 0.15) is 5.82 Å². The smallest absolute Gasteiger partial charge is 0.160 e. The highest BCUT2D eigenvalue weighted by Gasteiger charge is 2.20. The first kappa shape index (κ1) is 12.4. The fourth-order valence-corrected chi connectivity index (χ4v) is 2.86. The summed E-state index contributed by atoms with van der Waals surface area (Å²) in [6.45, 7) is 5.81. The van der Waals surface area contributed by atoms with Crippen LogP contribution in [0.2, 0.25) is 0 Å². The Morgan fingerprint density at radius 3 is 2.79 bits per heavy atom. The minimum atomic E-state index is 0.719. The third-order valence-corrected chi connectivity index (χ3v) is 4.12. The molecule has 2 aromatic rings. The van der Waals surface area contributed by atoms with Crippen molar-refractivity contribution in [2.24, 2.45) is 5.92 Å². The lowest BCUT2D eigenvalue weighted by Gasteiger charge is -2.30. The second-order valence-corrected chi connectivity index (χ2v) is 5.39. The van der Waals surface area contributed by atoms with E-state index in [1.165, 1.54) is 25.9 Å². The maximum atomic E-state index is 5.84. The van der Waals surface area contributed by atoms with Crippen molar-refractivity contribution in [1.82, 2.24) is 19.5 Å². The molecule has 0 saturated carbocycles. The average Bonchev–Trinajstić information content (AvgIpc) is 2.82. The van der Waals surface area contributed by atoms with Crippen molar-refractivity contribution >= 4 is 11.3 Å². The fourth-order valence-electron chi connectivity index (χ4n) is 2.86. The van der Waals surface area contributed by atoms with Gasteiger partial charge >= 0.3 is 0 Å². The van der Waals surface area contributed by atoms with E-state index in [2.05, 4.69) is 22.0 Å². The minimum absolute atomic E-state index is 0.719. The first-order valence-electron chi connectivity index (χ1n) is 7.07. The Morgan fingerprint density at radius 2 is 2.05 bits per heavy atom. The van der Waals surface area contributed by atoms with E-state index in [1.807, 2.05) is 22.7 Å². The number of likely N-dealkylation sites (tertiary alicyclic amines) is 1. The van der Waals surface area contributed by atoms with Crippen molar-refractivity contribution in [3.05, 3.63) is 24.2 Å². The Kier molecular flexibility index (Phi) is 3.38. The Morgan fingerprint density at radius 1 is 1.26 bits per heavy atom. The summed E-state index contributed by atoms with van der Waals surface area (Å²) in [6.07, 6.45) is 5.43. The second kappa shape index (κ2) is 5.17. The van der Waals surface area contributed by atoms with Gasteiger partial charge in [0.05, 0.1) is 0 Å². The molecule has 2 aromatic heterocycles. The molecular formula is C14H21N5.